The second-order valence-electron chi connectivity index (χ2n) is 5.72. The second kappa shape index (κ2) is 6.37. The zero-order chi connectivity index (χ0) is 14.7. The van der Waals surface area contributed by atoms with Crippen molar-refractivity contribution in [2.75, 3.05) is 19.6 Å². The van der Waals surface area contributed by atoms with E-state index in [2.05, 4.69) is 15.0 Å². The Morgan fingerprint density at radius 3 is 2.90 bits per heavy atom. The number of likely N-dealkylation sites (tertiary alicyclic amines) is 1. The molecule has 1 aliphatic heterocycles. The van der Waals surface area contributed by atoms with Crippen molar-refractivity contribution in [3.8, 4) is 11.4 Å². The molecule has 1 aromatic heterocycles. The Morgan fingerprint density at radius 1 is 1.38 bits per heavy atom. The summed E-state index contributed by atoms with van der Waals surface area (Å²) in [5, 5.41) is 13.6. The number of benzene rings is 1. The predicted octanol–water partition coefficient (Wildman–Crippen LogP) is 1.98. The molecule has 5 heteroatoms. The summed E-state index contributed by atoms with van der Waals surface area (Å²) >= 11 is 0. The zero-order valence-electron chi connectivity index (χ0n) is 12.3. The number of aromatic nitrogens is 2. The summed E-state index contributed by atoms with van der Waals surface area (Å²) in [7, 11) is 0. The molecule has 5 nitrogen and oxygen atoms in total. The smallest absolute Gasteiger partial charge is 0.228 e. The number of rotatable bonds is 5. The lowest BCUT2D eigenvalue weighted by Crippen LogP contribution is -2.26. The van der Waals surface area contributed by atoms with Crippen molar-refractivity contribution in [1.29, 1.82) is 0 Å². The van der Waals surface area contributed by atoms with Crippen LogP contribution < -0.4 is 0 Å². The van der Waals surface area contributed by atoms with Crippen LogP contribution in [0.1, 0.15) is 19.2 Å². The molecule has 2 atom stereocenters. The van der Waals surface area contributed by atoms with E-state index in [1.165, 1.54) is 0 Å². The molecular formula is C16H21N3O2. The molecule has 112 valence electrons. The first-order valence-electron chi connectivity index (χ1n) is 7.51. The molecule has 1 aliphatic rings. The largest absolute Gasteiger partial charge is 0.393 e. The molecule has 2 aromatic rings. The molecule has 21 heavy (non-hydrogen) atoms. The number of hydrogen-bond acceptors (Lipinski definition) is 5. The lowest BCUT2D eigenvalue weighted by Gasteiger charge is -2.16. The van der Waals surface area contributed by atoms with Crippen molar-refractivity contribution < 1.29 is 9.63 Å². The van der Waals surface area contributed by atoms with Gasteiger partial charge in [-0.3, -0.25) is 0 Å². The third-order valence-corrected chi connectivity index (χ3v) is 4.13. The van der Waals surface area contributed by atoms with E-state index < -0.39 is 0 Å². The van der Waals surface area contributed by atoms with Gasteiger partial charge in [-0.25, -0.2) is 0 Å². The lowest BCUT2D eigenvalue weighted by molar-refractivity contribution is 0.127. The highest BCUT2D eigenvalue weighted by Crippen LogP contribution is 2.20. The Bertz CT molecular complexity index is 568. The molecule has 0 saturated carbocycles. The van der Waals surface area contributed by atoms with Gasteiger partial charge in [0.2, 0.25) is 11.7 Å². The van der Waals surface area contributed by atoms with Crippen LogP contribution in [0.25, 0.3) is 11.4 Å². The highest BCUT2D eigenvalue weighted by atomic mass is 16.5. The van der Waals surface area contributed by atoms with E-state index in [1.807, 2.05) is 37.3 Å². The molecular weight excluding hydrogens is 266 g/mol. The van der Waals surface area contributed by atoms with E-state index in [0.29, 0.717) is 17.6 Å². The van der Waals surface area contributed by atoms with Crippen LogP contribution in [0.3, 0.4) is 0 Å². The number of aliphatic hydroxyl groups is 1. The maximum atomic E-state index is 9.62. The summed E-state index contributed by atoms with van der Waals surface area (Å²) in [5.74, 6) is 1.72. The maximum absolute atomic E-state index is 9.62. The topological polar surface area (TPSA) is 62.4 Å². The molecule has 0 bridgehead atoms. The molecule has 2 heterocycles. The Balaban J connectivity index is 1.54. The predicted molar refractivity (Wildman–Crippen MR) is 79.7 cm³/mol. The van der Waals surface area contributed by atoms with Crippen LogP contribution in [0.4, 0.5) is 0 Å². The molecule has 2 unspecified atom stereocenters. The van der Waals surface area contributed by atoms with Crippen LogP contribution in [0.2, 0.25) is 0 Å². The summed E-state index contributed by atoms with van der Waals surface area (Å²) in [5.41, 5.74) is 0.975. The fourth-order valence-electron chi connectivity index (χ4n) is 2.77. The Kier molecular flexibility index (Phi) is 4.31. The Hall–Kier alpha value is -1.72. The quantitative estimate of drug-likeness (QED) is 0.911. The number of hydrogen-bond donors (Lipinski definition) is 1. The minimum Gasteiger partial charge on any atom is -0.393 e. The van der Waals surface area contributed by atoms with Gasteiger partial charge in [0.15, 0.2) is 0 Å². The van der Waals surface area contributed by atoms with Crippen molar-refractivity contribution in [3.63, 3.8) is 0 Å². The van der Waals surface area contributed by atoms with E-state index in [-0.39, 0.29) is 6.10 Å². The van der Waals surface area contributed by atoms with Gasteiger partial charge in [0.1, 0.15) is 0 Å². The normalized spacial score (nSPS) is 20.8. The van der Waals surface area contributed by atoms with Crippen LogP contribution in [-0.4, -0.2) is 45.9 Å². The SMILES string of the molecule is CC(O)C1CCN(CCc2nc(-c3ccccc3)no2)C1. The van der Waals surface area contributed by atoms with Crippen molar-refractivity contribution >= 4 is 0 Å². The van der Waals surface area contributed by atoms with Gasteiger partial charge in [0.25, 0.3) is 0 Å². The standard InChI is InChI=1S/C16H21N3O2/c1-12(20)14-7-9-19(11-14)10-8-15-17-16(18-21-15)13-5-3-2-4-6-13/h2-6,12,14,20H,7-11H2,1H3. The molecule has 0 spiro atoms. The van der Waals surface area contributed by atoms with Crippen molar-refractivity contribution in [2.24, 2.45) is 5.92 Å². The molecule has 0 aliphatic carbocycles. The third-order valence-electron chi connectivity index (χ3n) is 4.13. The molecule has 1 saturated heterocycles. The van der Waals surface area contributed by atoms with Gasteiger partial charge < -0.3 is 14.5 Å². The van der Waals surface area contributed by atoms with Crippen molar-refractivity contribution in [2.45, 2.75) is 25.9 Å². The summed E-state index contributed by atoms with van der Waals surface area (Å²) in [4.78, 5) is 6.79. The van der Waals surface area contributed by atoms with E-state index in [1.54, 1.807) is 0 Å². The van der Waals surface area contributed by atoms with Crippen LogP contribution in [-0.2, 0) is 6.42 Å². The fraction of sp³-hybridized carbons (Fsp3) is 0.500. The first-order chi connectivity index (χ1) is 10.2. The summed E-state index contributed by atoms with van der Waals surface area (Å²) in [6, 6.07) is 9.85. The van der Waals surface area contributed by atoms with Gasteiger partial charge >= 0.3 is 0 Å². The van der Waals surface area contributed by atoms with E-state index >= 15 is 0 Å². The van der Waals surface area contributed by atoms with Crippen LogP contribution >= 0.6 is 0 Å². The molecule has 1 N–H and O–H groups in total. The minimum atomic E-state index is -0.219. The zero-order valence-corrected chi connectivity index (χ0v) is 12.3. The number of nitrogens with zero attached hydrogens (tertiary/aromatic N) is 3. The lowest BCUT2D eigenvalue weighted by atomic mass is 10.0. The van der Waals surface area contributed by atoms with Gasteiger partial charge in [-0.2, -0.15) is 4.98 Å². The van der Waals surface area contributed by atoms with Gasteiger partial charge in [0.05, 0.1) is 6.10 Å². The summed E-state index contributed by atoms with van der Waals surface area (Å²) < 4.78 is 5.32. The molecule has 0 amide bonds. The van der Waals surface area contributed by atoms with Gasteiger partial charge in [-0.1, -0.05) is 35.5 Å². The van der Waals surface area contributed by atoms with Gasteiger partial charge in [-0.15, -0.1) is 0 Å². The van der Waals surface area contributed by atoms with Gasteiger partial charge in [0, 0.05) is 25.1 Å². The first kappa shape index (κ1) is 14.2. The molecule has 3 rings (SSSR count). The highest BCUT2D eigenvalue weighted by molar-refractivity contribution is 5.53. The van der Waals surface area contributed by atoms with E-state index in [4.69, 9.17) is 4.52 Å². The summed E-state index contributed by atoms with van der Waals surface area (Å²) in [6.45, 7) is 4.77. The molecule has 0 radical (unpaired) electrons. The first-order valence-corrected chi connectivity index (χ1v) is 7.51. The Morgan fingerprint density at radius 2 is 2.19 bits per heavy atom. The highest BCUT2D eigenvalue weighted by Gasteiger charge is 2.25. The maximum Gasteiger partial charge on any atom is 0.228 e. The molecule has 1 aromatic carbocycles. The fourth-order valence-corrected chi connectivity index (χ4v) is 2.77. The van der Waals surface area contributed by atoms with E-state index in [0.717, 1.165) is 38.0 Å². The van der Waals surface area contributed by atoms with Crippen molar-refractivity contribution in [1.82, 2.24) is 15.0 Å². The number of aliphatic hydroxyl groups excluding tert-OH is 1. The minimum absolute atomic E-state index is 0.219. The average molecular weight is 287 g/mol. The Labute approximate surface area is 124 Å². The second-order valence-corrected chi connectivity index (χ2v) is 5.72. The monoisotopic (exact) mass is 287 g/mol. The average Bonchev–Trinajstić information content (AvgIpc) is 3.15. The van der Waals surface area contributed by atoms with Gasteiger partial charge in [-0.05, 0) is 25.8 Å². The third kappa shape index (κ3) is 3.49. The van der Waals surface area contributed by atoms with Crippen LogP contribution in [0.15, 0.2) is 34.9 Å². The van der Waals surface area contributed by atoms with Crippen LogP contribution in [0.5, 0.6) is 0 Å². The summed E-state index contributed by atoms with van der Waals surface area (Å²) in [6.07, 6.45) is 1.60. The van der Waals surface area contributed by atoms with Crippen LogP contribution in [0, 0.1) is 5.92 Å². The van der Waals surface area contributed by atoms with Crippen molar-refractivity contribution in [3.05, 3.63) is 36.2 Å². The van der Waals surface area contributed by atoms with E-state index in [9.17, 15) is 5.11 Å². The molecule has 1 fully saturated rings.